The van der Waals surface area contributed by atoms with Crippen molar-refractivity contribution in [1.29, 1.82) is 0 Å². The van der Waals surface area contributed by atoms with E-state index in [0.717, 1.165) is 4.47 Å². The molecule has 0 aliphatic rings. The Bertz CT molecular complexity index is 796. The van der Waals surface area contributed by atoms with Gasteiger partial charge in [-0.3, -0.25) is 9.36 Å². The van der Waals surface area contributed by atoms with Gasteiger partial charge in [-0.15, -0.1) is 0 Å². The van der Waals surface area contributed by atoms with Gasteiger partial charge in [0.25, 0.3) is 5.56 Å². The molecule has 2 aromatic rings. The molecule has 7 heteroatoms. The van der Waals surface area contributed by atoms with Crippen LogP contribution in [0, 0.1) is 5.92 Å². The highest BCUT2D eigenvalue weighted by molar-refractivity contribution is 9.10. The van der Waals surface area contributed by atoms with Crippen molar-refractivity contribution in [3.63, 3.8) is 0 Å². The van der Waals surface area contributed by atoms with Crippen LogP contribution in [-0.4, -0.2) is 27.8 Å². The highest BCUT2D eigenvalue weighted by atomic mass is 79.9. The van der Waals surface area contributed by atoms with Gasteiger partial charge in [-0.2, -0.15) is 0 Å². The lowest BCUT2D eigenvalue weighted by Gasteiger charge is -2.21. The standard InChI is InChI=1S/C17H22BrN3O3/c1-11(8-19-16(23)24-17(2,3)4)9-21-10-20-14-6-5-12(18)7-13(14)15(21)22/h5-7,10-11H,8-9H2,1-4H3,(H,19,23)/t11-/m1/s1. The molecule has 1 amide bonds. The van der Waals surface area contributed by atoms with Crippen LogP contribution in [0.2, 0.25) is 0 Å². The molecule has 1 aromatic carbocycles. The topological polar surface area (TPSA) is 73.2 Å². The minimum absolute atomic E-state index is 0.0571. The van der Waals surface area contributed by atoms with Crippen LogP contribution >= 0.6 is 15.9 Å². The second kappa shape index (κ2) is 7.34. The molecule has 1 heterocycles. The van der Waals surface area contributed by atoms with Gasteiger partial charge in [0, 0.05) is 17.6 Å². The fraction of sp³-hybridized carbons (Fsp3) is 0.471. The molecule has 0 spiro atoms. The molecule has 1 atom stereocenters. The van der Waals surface area contributed by atoms with Crippen LogP contribution in [0.25, 0.3) is 10.9 Å². The number of nitrogens with zero attached hydrogens (tertiary/aromatic N) is 2. The summed E-state index contributed by atoms with van der Waals surface area (Å²) in [5, 5.41) is 3.29. The third-order valence-corrected chi connectivity index (χ3v) is 3.78. The van der Waals surface area contributed by atoms with E-state index in [0.29, 0.717) is 24.0 Å². The van der Waals surface area contributed by atoms with E-state index in [4.69, 9.17) is 4.74 Å². The molecule has 24 heavy (non-hydrogen) atoms. The predicted molar refractivity (Wildman–Crippen MR) is 97.1 cm³/mol. The van der Waals surface area contributed by atoms with Gasteiger partial charge in [0.2, 0.25) is 0 Å². The maximum atomic E-state index is 12.5. The molecule has 0 radical (unpaired) electrons. The lowest BCUT2D eigenvalue weighted by atomic mass is 10.1. The molecule has 0 aliphatic carbocycles. The number of amides is 1. The molecule has 0 aliphatic heterocycles. The van der Waals surface area contributed by atoms with Crippen molar-refractivity contribution in [2.24, 2.45) is 5.92 Å². The van der Waals surface area contributed by atoms with Gasteiger partial charge < -0.3 is 10.1 Å². The SMILES string of the molecule is C[C@H](CNC(=O)OC(C)(C)C)Cn1cnc2ccc(Br)cc2c1=O. The Morgan fingerprint density at radius 3 is 2.79 bits per heavy atom. The molecule has 1 aromatic heterocycles. The van der Waals surface area contributed by atoms with E-state index < -0.39 is 11.7 Å². The molecule has 0 unspecified atom stereocenters. The summed E-state index contributed by atoms with van der Waals surface area (Å²) in [5.74, 6) is 0.0571. The third-order valence-electron chi connectivity index (χ3n) is 3.29. The quantitative estimate of drug-likeness (QED) is 0.861. The summed E-state index contributed by atoms with van der Waals surface area (Å²) in [6, 6.07) is 5.43. The van der Waals surface area contributed by atoms with Gasteiger partial charge in [-0.25, -0.2) is 9.78 Å². The number of fused-ring (bicyclic) bond motifs is 1. The van der Waals surface area contributed by atoms with Crippen molar-refractivity contribution in [2.45, 2.75) is 39.8 Å². The maximum absolute atomic E-state index is 12.5. The van der Waals surface area contributed by atoms with E-state index in [1.54, 1.807) is 23.0 Å². The fourth-order valence-electron chi connectivity index (χ4n) is 2.23. The summed E-state index contributed by atoms with van der Waals surface area (Å²) < 4.78 is 7.60. The Kier molecular flexibility index (Phi) is 5.64. The zero-order valence-corrected chi connectivity index (χ0v) is 15.9. The highest BCUT2D eigenvalue weighted by Gasteiger charge is 2.16. The Morgan fingerprint density at radius 2 is 2.12 bits per heavy atom. The number of ether oxygens (including phenoxy) is 1. The molecule has 130 valence electrons. The molecular weight excluding hydrogens is 374 g/mol. The number of benzene rings is 1. The molecule has 1 N–H and O–H groups in total. The van der Waals surface area contributed by atoms with Gasteiger partial charge in [0.15, 0.2) is 0 Å². The van der Waals surface area contributed by atoms with E-state index >= 15 is 0 Å². The molecule has 0 saturated heterocycles. The van der Waals surface area contributed by atoms with Crippen molar-refractivity contribution in [3.05, 3.63) is 39.4 Å². The Hall–Kier alpha value is -1.89. The van der Waals surface area contributed by atoms with E-state index in [2.05, 4.69) is 26.2 Å². The molecule has 6 nitrogen and oxygen atoms in total. The number of nitrogens with one attached hydrogen (secondary N) is 1. The van der Waals surface area contributed by atoms with Crippen LogP contribution in [0.1, 0.15) is 27.7 Å². The van der Waals surface area contributed by atoms with E-state index in [1.807, 2.05) is 33.8 Å². The number of hydrogen-bond acceptors (Lipinski definition) is 4. The summed E-state index contributed by atoms with van der Waals surface area (Å²) in [5.41, 5.74) is 0.0457. The smallest absolute Gasteiger partial charge is 0.407 e. The van der Waals surface area contributed by atoms with Crippen LogP contribution < -0.4 is 10.9 Å². The predicted octanol–water partition coefficient (Wildman–Crippen LogP) is 3.32. The normalized spacial score (nSPS) is 12.9. The monoisotopic (exact) mass is 395 g/mol. The summed E-state index contributed by atoms with van der Waals surface area (Å²) in [6.45, 7) is 8.27. The summed E-state index contributed by atoms with van der Waals surface area (Å²) in [7, 11) is 0. The first-order chi connectivity index (χ1) is 11.2. The van der Waals surface area contributed by atoms with Crippen molar-refractivity contribution in [1.82, 2.24) is 14.9 Å². The average Bonchev–Trinajstić information content (AvgIpc) is 2.47. The molecule has 0 bridgehead atoms. The minimum atomic E-state index is -0.528. The van der Waals surface area contributed by atoms with Crippen LogP contribution in [-0.2, 0) is 11.3 Å². The van der Waals surface area contributed by atoms with Crippen LogP contribution in [0.15, 0.2) is 33.8 Å². The van der Waals surface area contributed by atoms with Gasteiger partial charge in [-0.1, -0.05) is 22.9 Å². The van der Waals surface area contributed by atoms with Gasteiger partial charge >= 0.3 is 6.09 Å². The number of rotatable bonds is 4. The Labute approximate surface area is 149 Å². The van der Waals surface area contributed by atoms with Crippen molar-refractivity contribution in [2.75, 3.05) is 6.54 Å². The average molecular weight is 396 g/mol. The molecule has 0 saturated carbocycles. The molecule has 2 rings (SSSR count). The van der Waals surface area contributed by atoms with E-state index in [1.165, 1.54) is 0 Å². The van der Waals surface area contributed by atoms with Crippen LogP contribution in [0.3, 0.4) is 0 Å². The molecule has 0 fully saturated rings. The van der Waals surface area contributed by atoms with Crippen molar-refractivity contribution >= 4 is 32.9 Å². The number of alkyl carbamates (subject to hydrolysis) is 1. The first-order valence-corrected chi connectivity index (χ1v) is 8.56. The summed E-state index contributed by atoms with van der Waals surface area (Å²) in [4.78, 5) is 28.5. The van der Waals surface area contributed by atoms with E-state index in [-0.39, 0.29) is 11.5 Å². The maximum Gasteiger partial charge on any atom is 0.407 e. The first-order valence-electron chi connectivity index (χ1n) is 7.77. The number of carbonyl (C=O) groups excluding carboxylic acids is 1. The van der Waals surface area contributed by atoms with Crippen LogP contribution in [0.4, 0.5) is 4.79 Å². The van der Waals surface area contributed by atoms with Crippen molar-refractivity contribution < 1.29 is 9.53 Å². The Balaban J connectivity index is 2.03. The number of halogens is 1. The lowest BCUT2D eigenvalue weighted by Crippen LogP contribution is -2.36. The zero-order chi connectivity index (χ0) is 17.9. The van der Waals surface area contributed by atoms with Crippen molar-refractivity contribution in [3.8, 4) is 0 Å². The van der Waals surface area contributed by atoms with Gasteiger partial charge in [0.1, 0.15) is 5.60 Å². The summed E-state index contributed by atoms with van der Waals surface area (Å²) in [6.07, 6.45) is 1.09. The third kappa shape index (κ3) is 5.06. The van der Waals surface area contributed by atoms with Gasteiger partial charge in [0.05, 0.1) is 17.2 Å². The number of hydrogen-bond donors (Lipinski definition) is 1. The minimum Gasteiger partial charge on any atom is -0.444 e. The number of aromatic nitrogens is 2. The summed E-state index contributed by atoms with van der Waals surface area (Å²) >= 11 is 3.37. The second-order valence-electron chi connectivity index (χ2n) is 6.85. The Morgan fingerprint density at radius 1 is 1.42 bits per heavy atom. The first kappa shape index (κ1) is 18.4. The van der Waals surface area contributed by atoms with Gasteiger partial charge in [-0.05, 0) is 44.9 Å². The zero-order valence-electron chi connectivity index (χ0n) is 14.3. The second-order valence-corrected chi connectivity index (χ2v) is 7.77. The molecular formula is C17H22BrN3O3. The van der Waals surface area contributed by atoms with Crippen LogP contribution in [0.5, 0.6) is 0 Å². The fourth-order valence-corrected chi connectivity index (χ4v) is 2.59. The highest BCUT2D eigenvalue weighted by Crippen LogP contribution is 2.15. The lowest BCUT2D eigenvalue weighted by molar-refractivity contribution is 0.0519. The largest absolute Gasteiger partial charge is 0.444 e. The number of carbonyl (C=O) groups is 1. The van der Waals surface area contributed by atoms with E-state index in [9.17, 15) is 9.59 Å².